The van der Waals surface area contributed by atoms with Gasteiger partial charge in [0.1, 0.15) is 5.76 Å². The quantitative estimate of drug-likeness (QED) is 0.874. The minimum atomic E-state index is -0.185. The fourth-order valence-electron chi connectivity index (χ4n) is 3.12. The van der Waals surface area contributed by atoms with E-state index in [4.69, 9.17) is 4.42 Å². The molecule has 0 spiro atoms. The monoisotopic (exact) mass is 342 g/mol. The van der Waals surface area contributed by atoms with E-state index in [0.29, 0.717) is 12.2 Å². The number of piperidine rings is 1. The summed E-state index contributed by atoms with van der Waals surface area (Å²) in [6.07, 6.45) is 8.11. The molecule has 1 aliphatic rings. The van der Waals surface area contributed by atoms with Crippen LogP contribution >= 0.6 is 0 Å². The van der Waals surface area contributed by atoms with Gasteiger partial charge < -0.3 is 9.73 Å². The minimum absolute atomic E-state index is 0.0404. The van der Waals surface area contributed by atoms with Crippen molar-refractivity contribution < 1.29 is 9.21 Å². The molecule has 1 N–H and O–H groups in total. The Morgan fingerprint density at radius 3 is 2.88 bits per heavy atom. The first-order valence-electron chi connectivity index (χ1n) is 8.97. The second-order valence-corrected chi connectivity index (χ2v) is 7.00. The van der Waals surface area contributed by atoms with Crippen LogP contribution in [0.5, 0.6) is 0 Å². The van der Waals surface area contributed by atoms with Gasteiger partial charge in [-0.05, 0) is 50.9 Å². The van der Waals surface area contributed by atoms with Crippen LogP contribution in [0.2, 0.25) is 0 Å². The van der Waals surface area contributed by atoms with Crippen molar-refractivity contribution in [1.29, 1.82) is 0 Å². The first-order valence-corrected chi connectivity index (χ1v) is 8.97. The number of carbonyl (C=O) groups excluding carboxylic acids is 1. The number of carbonyl (C=O) groups is 1. The van der Waals surface area contributed by atoms with Crippen molar-refractivity contribution in [2.24, 2.45) is 5.92 Å². The van der Waals surface area contributed by atoms with Crippen LogP contribution in [0, 0.1) is 5.92 Å². The fraction of sp³-hybridized carbons (Fsp3) is 0.526. The van der Waals surface area contributed by atoms with E-state index in [2.05, 4.69) is 27.1 Å². The van der Waals surface area contributed by atoms with E-state index in [0.717, 1.165) is 37.0 Å². The Morgan fingerprint density at radius 1 is 1.36 bits per heavy atom. The molecule has 6 heteroatoms. The average molecular weight is 342 g/mol. The lowest BCUT2D eigenvalue weighted by molar-refractivity contribution is 0.0906. The molecule has 1 aliphatic heterocycles. The molecule has 0 aliphatic carbocycles. The first kappa shape index (κ1) is 17.6. The smallest absolute Gasteiger partial charge is 0.287 e. The van der Waals surface area contributed by atoms with Crippen LogP contribution in [0.3, 0.4) is 0 Å². The SMILES string of the molecule is CC1CCN(Cc2ccc(C(=O)NC(C)Cc3cnccn3)o2)CC1. The molecule has 2 aromatic rings. The lowest BCUT2D eigenvalue weighted by Gasteiger charge is -2.29. The third-order valence-corrected chi connectivity index (χ3v) is 4.65. The second-order valence-electron chi connectivity index (χ2n) is 7.00. The zero-order chi connectivity index (χ0) is 17.6. The van der Waals surface area contributed by atoms with Gasteiger partial charge in [-0.2, -0.15) is 0 Å². The highest BCUT2D eigenvalue weighted by Crippen LogP contribution is 2.19. The van der Waals surface area contributed by atoms with Gasteiger partial charge in [0.25, 0.3) is 5.91 Å². The van der Waals surface area contributed by atoms with Crippen molar-refractivity contribution in [3.05, 3.63) is 47.9 Å². The molecule has 0 radical (unpaired) electrons. The third-order valence-electron chi connectivity index (χ3n) is 4.65. The van der Waals surface area contributed by atoms with Gasteiger partial charge in [0.05, 0.1) is 12.2 Å². The molecule has 1 unspecified atom stereocenters. The standard InChI is InChI=1S/C19H26N4O2/c1-14-5-9-23(10-6-14)13-17-3-4-18(25-17)19(24)22-15(2)11-16-12-20-7-8-21-16/h3-4,7-8,12,14-15H,5-6,9-11,13H2,1-2H3,(H,22,24). The number of aromatic nitrogens is 2. The maximum absolute atomic E-state index is 12.3. The number of nitrogens with zero attached hydrogens (tertiary/aromatic N) is 3. The predicted octanol–water partition coefficient (Wildman–Crippen LogP) is 2.66. The van der Waals surface area contributed by atoms with Crippen LogP contribution in [0.1, 0.15) is 48.7 Å². The second kappa shape index (κ2) is 8.25. The Morgan fingerprint density at radius 2 is 2.16 bits per heavy atom. The maximum atomic E-state index is 12.3. The first-order chi connectivity index (χ1) is 12.1. The summed E-state index contributed by atoms with van der Waals surface area (Å²) in [5.74, 6) is 1.84. The van der Waals surface area contributed by atoms with Crippen molar-refractivity contribution in [2.45, 2.75) is 45.7 Å². The number of furan rings is 1. The predicted molar refractivity (Wildman–Crippen MR) is 95.0 cm³/mol. The zero-order valence-electron chi connectivity index (χ0n) is 14.9. The van der Waals surface area contributed by atoms with Gasteiger partial charge in [-0.3, -0.25) is 19.7 Å². The minimum Gasteiger partial charge on any atom is -0.455 e. The Balaban J connectivity index is 1.50. The van der Waals surface area contributed by atoms with Crippen LogP contribution in [0.15, 0.2) is 35.1 Å². The van der Waals surface area contributed by atoms with E-state index in [1.54, 1.807) is 24.7 Å². The summed E-state index contributed by atoms with van der Waals surface area (Å²) >= 11 is 0. The van der Waals surface area contributed by atoms with Gasteiger partial charge in [-0.15, -0.1) is 0 Å². The highest BCUT2D eigenvalue weighted by atomic mass is 16.4. The van der Waals surface area contributed by atoms with E-state index in [1.165, 1.54) is 12.8 Å². The molecule has 6 nitrogen and oxygen atoms in total. The van der Waals surface area contributed by atoms with Crippen molar-refractivity contribution >= 4 is 5.91 Å². The van der Waals surface area contributed by atoms with Crippen LogP contribution < -0.4 is 5.32 Å². The van der Waals surface area contributed by atoms with Crippen LogP contribution in [-0.2, 0) is 13.0 Å². The van der Waals surface area contributed by atoms with E-state index in [1.807, 2.05) is 13.0 Å². The average Bonchev–Trinajstić information content (AvgIpc) is 3.06. The lowest BCUT2D eigenvalue weighted by Crippen LogP contribution is -2.34. The molecule has 1 saturated heterocycles. The normalized spacial score (nSPS) is 17.4. The summed E-state index contributed by atoms with van der Waals surface area (Å²) in [7, 11) is 0. The van der Waals surface area contributed by atoms with E-state index < -0.39 is 0 Å². The molecule has 1 fully saturated rings. The maximum Gasteiger partial charge on any atom is 0.287 e. The number of hydrogen-bond donors (Lipinski definition) is 1. The third kappa shape index (κ3) is 5.13. The largest absolute Gasteiger partial charge is 0.455 e. The summed E-state index contributed by atoms with van der Waals surface area (Å²) in [6, 6.07) is 3.62. The van der Waals surface area contributed by atoms with Gasteiger partial charge in [0, 0.05) is 31.1 Å². The summed E-state index contributed by atoms with van der Waals surface area (Å²) in [5.41, 5.74) is 0.856. The highest BCUT2D eigenvalue weighted by Gasteiger charge is 2.19. The molecular weight excluding hydrogens is 316 g/mol. The fourth-order valence-corrected chi connectivity index (χ4v) is 3.12. The Kier molecular flexibility index (Phi) is 5.81. The van der Waals surface area contributed by atoms with Crippen molar-refractivity contribution in [1.82, 2.24) is 20.2 Å². The number of likely N-dealkylation sites (tertiary alicyclic amines) is 1. The van der Waals surface area contributed by atoms with Gasteiger partial charge in [0.2, 0.25) is 0 Å². The Labute approximate surface area is 148 Å². The Bertz CT molecular complexity index is 678. The van der Waals surface area contributed by atoms with Gasteiger partial charge in [-0.1, -0.05) is 6.92 Å². The number of rotatable bonds is 6. The van der Waals surface area contributed by atoms with Crippen molar-refractivity contribution in [2.75, 3.05) is 13.1 Å². The molecule has 1 amide bonds. The molecular formula is C19H26N4O2. The molecule has 0 aromatic carbocycles. The van der Waals surface area contributed by atoms with Gasteiger partial charge in [-0.25, -0.2) is 0 Å². The molecule has 25 heavy (non-hydrogen) atoms. The molecule has 134 valence electrons. The van der Waals surface area contributed by atoms with Crippen molar-refractivity contribution in [3.63, 3.8) is 0 Å². The summed E-state index contributed by atoms with van der Waals surface area (Å²) in [6.45, 7) is 7.21. The molecule has 3 heterocycles. The van der Waals surface area contributed by atoms with E-state index in [-0.39, 0.29) is 11.9 Å². The number of hydrogen-bond acceptors (Lipinski definition) is 5. The van der Waals surface area contributed by atoms with Crippen molar-refractivity contribution in [3.8, 4) is 0 Å². The summed E-state index contributed by atoms with van der Waals surface area (Å²) in [4.78, 5) is 23.0. The molecule has 1 atom stereocenters. The lowest BCUT2D eigenvalue weighted by atomic mass is 9.99. The van der Waals surface area contributed by atoms with Gasteiger partial charge in [0.15, 0.2) is 5.76 Å². The zero-order valence-corrected chi connectivity index (χ0v) is 14.9. The number of amides is 1. The van der Waals surface area contributed by atoms with E-state index >= 15 is 0 Å². The molecule has 3 rings (SSSR count). The number of nitrogens with one attached hydrogen (secondary N) is 1. The van der Waals surface area contributed by atoms with Gasteiger partial charge >= 0.3 is 0 Å². The summed E-state index contributed by atoms with van der Waals surface area (Å²) < 4.78 is 5.74. The molecule has 0 bridgehead atoms. The topological polar surface area (TPSA) is 71.3 Å². The Hall–Kier alpha value is -2.21. The highest BCUT2D eigenvalue weighted by molar-refractivity contribution is 5.91. The van der Waals surface area contributed by atoms with E-state index in [9.17, 15) is 4.79 Å². The summed E-state index contributed by atoms with van der Waals surface area (Å²) in [5, 5.41) is 2.95. The molecule has 2 aromatic heterocycles. The molecule has 0 saturated carbocycles. The van der Waals surface area contributed by atoms with Crippen LogP contribution in [0.4, 0.5) is 0 Å². The van der Waals surface area contributed by atoms with Crippen LogP contribution in [-0.4, -0.2) is 39.9 Å². The van der Waals surface area contributed by atoms with Crippen LogP contribution in [0.25, 0.3) is 0 Å².